The number of halogens is 3. The molecule has 5 heteroatoms. The van der Waals surface area contributed by atoms with Crippen LogP contribution >= 0.6 is 15.9 Å². The lowest BCUT2D eigenvalue weighted by Crippen LogP contribution is -2.19. The van der Waals surface area contributed by atoms with Crippen LogP contribution in [0.1, 0.15) is 29.8 Å². The molecule has 2 aromatic carbocycles. The van der Waals surface area contributed by atoms with Gasteiger partial charge >= 0.3 is 0 Å². The predicted molar refractivity (Wildman–Crippen MR) is 73.4 cm³/mol. The lowest BCUT2D eigenvalue weighted by molar-refractivity contribution is 0.0650. The maximum absolute atomic E-state index is 13.2. The summed E-state index contributed by atoms with van der Waals surface area (Å²) in [6, 6.07) is 8.37. The molecule has 2 atom stereocenters. The zero-order chi connectivity index (χ0) is 14.3. The topological polar surface area (TPSA) is 29.5 Å². The highest BCUT2D eigenvalue weighted by Gasteiger charge is 2.29. The SMILES string of the molecule is O[C@H]1CC(c2ccc(F)cc2Br)Oc2ccc(F)cc21. The fraction of sp³-hybridized carbons (Fsp3) is 0.200. The van der Waals surface area contributed by atoms with E-state index in [2.05, 4.69) is 15.9 Å². The molecule has 1 heterocycles. The molecule has 0 saturated carbocycles. The Morgan fingerprint density at radius 3 is 2.50 bits per heavy atom. The van der Waals surface area contributed by atoms with E-state index in [1.807, 2.05) is 0 Å². The van der Waals surface area contributed by atoms with Crippen LogP contribution in [0.3, 0.4) is 0 Å². The van der Waals surface area contributed by atoms with Gasteiger partial charge in [0.05, 0.1) is 6.10 Å². The Morgan fingerprint density at radius 2 is 1.75 bits per heavy atom. The first-order chi connectivity index (χ1) is 9.54. The van der Waals surface area contributed by atoms with E-state index in [1.165, 1.54) is 30.3 Å². The summed E-state index contributed by atoms with van der Waals surface area (Å²) in [6.07, 6.45) is -0.921. The van der Waals surface area contributed by atoms with Gasteiger partial charge in [0.2, 0.25) is 0 Å². The van der Waals surface area contributed by atoms with Crippen LogP contribution in [0.4, 0.5) is 8.78 Å². The monoisotopic (exact) mass is 340 g/mol. The van der Waals surface area contributed by atoms with Gasteiger partial charge in [0.1, 0.15) is 23.5 Å². The number of fused-ring (bicyclic) bond motifs is 1. The van der Waals surface area contributed by atoms with Gasteiger partial charge in [-0.25, -0.2) is 8.78 Å². The van der Waals surface area contributed by atoms with Crippen LogP contribution in [0, 0.1) is 11.6 Å². The van der Waals surface area contributed by atoms with Crippen molar-refractivity contribution in [3.8, 4) is 5.75 Å². The van der Waals surface area contributed by atoms with Gasteiger partial charge in [-0.1, -0.05) is 22.0 Å². The van der Waals surface area contributed by atoms with Crippen LogP contribution in [0.15, 0.2) is 40.9 Å². The molecule has 0 spiro atoms. The zero-order valence-corrected chi connectivity index (χ0v) is 11.9. The van der Waals surface area contributed by atoms with Crippen LogP contribution in [0.2, 0.25) is 0 Å². The van der Waals surface area contributed by atoms with E-state index in [0.29, 0.717) is 22.2 Å². The fourth-order valence-corrected chi connectivity index (χ4v) is 2.98. The van der Waals surface area contributed by atoms with Crippen molar-refractivity contribution in [3.63, 3.8) is 0 Å². The minimum Gasteiger partial charge on any atom is -0.485 e. The summed E-state index contributed by atoms with van der Waals surface area (Å²) in [4.78, 5) is 0. The van der Waals surface area contributed by atoms with Crippen molar-refractivity contribution in [1.29, 1.82) is 0 Å². The van der Waals surface area contributed by atoms with Crippen molar-refractivity contribution < 1.29 is 18.6 Å². The Morgan fingerprint density at radius 1 is 1.05 bits per heavy atom. The van der Waals surface area contributed by atoms with Crippen molar-refractivity contribution >= 4 is 15.9 Å². The minimum absolute atomic E-state index is 0.292. The lowest BCUT2D eigenvalue weighted by Gasteiger charge is -2.30. The molecule has 20 heavy (non-hydrogen) atoms. The van der Waals surface area contributed by atoms with Crippen molar-refractivity contribution in [2.75, 3.05) is 0 Å². The van der Waals surface area contributed by atoms with Gasteiger partial charge in [0.15, 0.2) is 0 Å². The molecule has 1 aliphatic heterocycles. The third kappa shape index (κ3) is 2.43. The van der Waals surface area contributed by atoms with Crippen molar-refractivity contribution in [3.05, 3.63) is 63.6 Å². The average molecular weight is 341 g/mol. The number of rotatable bonds is 1. The third-order valence-electron chi connectivity index (χ3n) is 3.35. The van der Waals surface area contributed by atoms with Crippen LogP contribution in [0.5, 0.6) is 5.75 Å². The summed E-state index contributed by atoms with van der Waals surface area (Å²) in [5, 5.41) is 10.1. The maximum atomic E-state index is 13.2. The Bertz CT molecular complexity index is 660. The summed E-state index contributed by atoms with van der Waals surface area (Å²) < 4.78 is 32.7. The van der Waals surface area contributed by atoms with E-state index in [-0.39, 0.29) is 5.82 Å². The Kier molecular flexibility index (Phi) is 3.48. The molecule has 0 radical (unpaired) electrons. The third-order valence-corrected chi connectivity index (χ3v) is 4.03. The Hall–Kier alpha value is -1.46. The molecule has 104 valence electrons. The number of ether oxygens (including phenoxy) is 1. The van der Waals surface area contributed by atoms with Crippen LogP contribution in [-0.2, 0) is 0 Å². The van der Waals surface area contributed by atoms with E-state index in [1.54, 1.807) is 6.07 Å². The van der Waals surface area contributed by atoms with E-state index in [9.17, 15) is 13.9 Å². The molecule has 0 aliphatic carbocycles. The van der Waals surface area contributed by atoms with Gasteiger partial charge < -0.3 is 9.84 Å². The molecular formula is C15H11BrF2O2. The normalized spacial score (nSPS) is 21.2. The summed E-state index contributed by atoms with van der Waals surface area (Å²) in [5.41, 5.74) is 1.19. The average Bonchev–Trinajstić information content (AvgIpc) is 2.39. The van der Waals surface area contributed by atoms with Crippen molar-refractivity contribution in [2.24, 2.45) is 0 Å². The molecule has 1 unspecified atom stereocenters. The molecule has 2 aromatic rings. The zero-order valence-electron chi connectivity index (χ0n) is 10.3. The molecule has 0 fully saturated rings. The van der Waals surface area contributed by atoms with Crippen LogP contribution < -0.4 is 4.74 Å². The Balaban J connectivity index is 1.97. The standard InChI is InChI=1S/C15H11BrF2O2/c16-12-6-9(18)1-3-10(12)15-7-13(19)11-5-8(17)2-4-14(11)20-15/h1-6,13,15,19H,7H2/t13-,15?/m0/s1. The second kappa shape index (κ2) is 5.14. The highest BCUT2D eigenvalue weighted by Crippen LogP contribution is 2.42. The van der Waals surface area contributed by atoms with E-state index in [0.717, 1.165) is 5.56 Å². The summed E-state index contributed by atoms with van der Waals surface area (Å²) in [5.74, 6) is -0.307. The number of hydrogen-bond donors (Lipinski definition) is 1. The quantitative estimate of drug-likeness (QED) is 0.839. The summed E-state index contributed by atoms with van der Waals surface area (Å²) in [6.45, 7) is 0. The van der Waals surface area contributed by atoms with Gasteiger partial charge in [-0.05, 0) is 30.3 Å². The molecule has 1 aliphatic rings. The highest BCUT2D eigenvalue weighted by atomic mass is 79.9. The van der Waals surface area contributed by atoms with E-state index < -0.39 is 18.0 Å². The predicted octanol–water partition coefficient (Wildman–Crippen LogP) is 4.28. The molecule has 2 nitrogen and oxygen atoms in total. The first kappa shape index (κ1) is 13.5. The fourth-order valence-electron chi connectivity index (χ4n) is 2.37. The van der Waals surface area contributed by atoms with Gasteiger partial charge in [-0.3, -0.25) is 0 Å². The minimum atomic E-state index is -0.809. The first-order valence-electron chi connectivity index (χ1n) is 6.13. The van der Waals surface area contributed by atoms with Gasteiger partial charge in [0, 0.05) is 22.0 Å². The van der Waals surface area contributed by atoms with Crippen molar-refractivity contribution in [1.82, 2.24) is 0 Å². The van der Waals surface area contributed by atoms with Gasteiger partial charge in [-0.15, -0.1) is 0 Å². The van der Waals surface area contributed by atoms with Gasteiger partial charge in [-0.2, -0.15) is 0 Å². The first-order valence-corrected chi connectivity index (χ1v) is 6.93. The molecule has 0 aromatic heterocycles. The number of aliphatic hydroxyl groups excluding tert-OH is 1. The summed E-state index contributed by atoms with van der Waals surface area (Å²) in [7, 11) is 0. The smallest absolute Gasteiger partial charge is 0.128 e. The highest BCUT2D eigenvalue weighted by molar-refractivity contribution is 9.10. The largest absolute Gasteiger partial charge is 0.485 e. The maximum Gasteiger partial charge on any atom is 0.128 e. The lowest BCUT2D eigenvalue weighted by atomic mass is 9.95. The Labute approximate surface area is 123 Å². The number of benzene rings is 2. The van der Waals surface area contributed by atoms with Gasteiger partial charge in [0.25, 0.3) is 0 Å². The molecule has 0 saturated heterocycles. The van der Waals surface area contributed by atoms with Crippen LogP contribution in [0.25, 0.3) is 0 Å². The van der Waals surface area contributed by atoms with E-state index >= 15 is 0 Å². The number of aliphatic hydroxyl groups is 1. The van der Waals surface area contributed by atoms with Crippen LogP contribution in [-0.4, -0.2) is 5.11 Å². The number of hydrogen-bond acceptors (Lipinski definition) is 2. The molecule has 1 N–H and O–H groups in total. The molecule has 0 amide bonds. The van der Waals surface area contributed by atoms with Crippen molar-refractivity contribution in [2.45, 2.75) is 18.6 Å². The summed E-state index contributed by atoms with van der Waals surface area (Å²) >= 11 is 3.29. The molecule has 3 rings (SSSR count). The second-order valence-electron chi connectivity index (χ2n) is 4.71. The van der Waals surface area contributed by atoms with E-state index in [4.69, 9.17) is 4.74 Å². The second-order valence-corrected chi connectivity index (χ2v) is 5.56. The molecule has 0 bridgehead atoms. The molecular weight excluding hydrogens is 330 g/mol.